The number of amides is 3. The van der Waals surface area contributed by atoms with Gasteiger partial charge in [-0.05, 0) is 36.1 Å². The van der Waals surface area contributed by atoms with Gasteiger partial charge in [-0.25, -0.2) is 4.79 Å². The monoisotopic (exact) mass is 433 g/mol. The van der Waals surface area contributed by atoms with Gasteiger partial charge in [-0.1, -0.05) is 12.1 Å². The van der Waals surface area contributed by atoms with Gasteiger partial charge in [0.15, 0.2) is 11.5 Å². The second-order valence-corrected chi connectivity index (χ2v) is 7.80. The SMILES string of the molecule is CCNC(=O)N(CCOC)CC(=O)N(Cc1ccc2c(c1)OCO2)Cc1cccs1. The Morgan fingerprint density at radius 3 is 2.73 bits per heavy atom. The Labute approximate surface area is 180 Å². The van der Waals surface area contributed by atoms with E-state index in [0.29, 0.717) is 44.3 Å². The summed E-state index contributed by atoms with van der Waals surface area (Å²) in [6.45, 7) is 4.09. The van der Waals surface area contributed by atoms with E-state index in [0.717, 1.165) is 10.4 Å². The predicted octanol–water partition coefficient (Wildman–Crippen LogP) is 2.68. The first-order valence-corrected chi connectivity index (χ1v) is 10.7. The van der Waals surface area contributed by atoms with Crippen LogP contribution in [0.15, 0.2) is 35.7 Å². The molecule has 1 aliphatic heterocycles. The van der Waals surface area contributed by atoms with Crippen molar-refractivity contribution in [3.8, 4) is 11.5 Å². The molecule has 0 atom stereocenters. The first-order chi connectivity index (χ1) is 14.6. The average molecular weight is 434 g/mol. The van der Waals surface area contributed by atoms with Crippen molar-refractivity contribution in [2.45, 2.75) is 20.0 Å². The summed E-state index contributed by atoms with van der Waals surface area (Å²) in [5.74, 6) is 1.25. The van der Waals surface area contributed by atoms with E-state index in [9.17, 15) is 9.59 Å². The summed E-state index contributed by atoms with van der Waals surface area (Å²) >= 11 is 1.60. The Morgan fingerprint density at radius 1 is 1.17 bits per heavy atom. The molecule has 1 aromatic heterocycles. The van der Waals surface area contributed by atoms with Crippen molar-refractivity contribution in [1.82, 2.24) is 15.1 Å². The number of nitrogens with zero attached hydrogens (tertiary/aromatic N) is 2. The lowest BCUT2D eigenvalue weighted by Gasteiger charge is -2.27. The highest BCUT2D eigenvalue weighted by Gasteiger charge is 2.22. The van der Waals surface area contributed by atoms with Crippen LogP contribution in [0.3, 0.4) is 0 Å². The zero-order chi connectivity index (χ0) is 21.3. The molecule has 0 aliphatic carbocycles. The van der Waals surface area contributed by atoms with Crippen LogP contribution in [-0.2, 0) is 22.6 Å². The number of urea groups is 1. The molecule has 0 bridgehead atoms. The number of carbonyl (C=O) groups excluding carboxylic acids is 2. The Bertz CT molecular complexity index is 843. The van der Waals surface area contributed by atoms with E-state index in [1.807, 2.05) is 42.6 Å². The fraction of sp³-hybridized carbons (Fsp3) is 0.429. The first-order valence-electron chi connectivity index (χ1n) is 9.81. The van der Waals surface area contributed by atoms with E-state index in [2.05, 4.69) is 5.32 Å². The smallest absolute Gasteiger partial charge is 0.317 e. The number of rotatable bonds is 10. The summed E-state index contributed by atoms with van der Waals surface area (Å²) in [6.07, 6.45) is 0. The maximum atomic E-state index is 13.2. The number of benzene rings is 1. The van der Waals surface area contributed by atoms with Crippen LogP contribution in [0, 0.1) is 0 Å². The van der Waals surface area contributed by atoms with Crippen LogP contribution in [0.25, 0.3) is 0 Å². The van der Waals surface area contributed by atoms with E-state index in [1.165, 1.54) is 4.90 Å². The second-order valence-electron chi connectivity index (χ2n) is 6.77. The highest BCUT2D eigenvalue weighted by Crippen LogP contribution is 2.33. The standard InChI is InChI=1S/C21H27N3O5S/c1-3-22-21(26)23(8-9-27-2)14-20(25)24(13-17-5-4-10-30-17)12-16-6-7-18-19(11-16)29-15-28-18/h4-7,10-11H,3,8-9,12-15H2,1-2H3,(H,22,26). The highest BCUT2D eigenvalue weighted by atomic mass is 32.1. The molecule has 0 spiro atoms. The number of nitrogens with one attached hydrogen (secondary N) is 1. The minimum absolute atomic E-state index is 0.0227. The van der Waals surface area contributed by atoms with Gasteiger partial charge >= 0.3 is 6.03 Å². The molecule has 3 amide bonds. The van der Waals surface area contributed by atoms with Gasteiger partial charge in [-0.15, -0.1) is 11.3 Å². The summed E-state index contributed by atoms with van der Waals surface area (Å²) in [5, 5.41) is 4.74. The minimum atomic E-state index is -0.276. The Kier molecular flexibility index (Phi) is 7.92. The van der Waals surface area contributed by atoms with Crippen molar-refractivity contribution in [3.63, 3.8) is 0 Å². The maximum absolute atomic E-state index is 13.2. The van der Waals surface area contributed by atoms with Crippen molar-refractivity contribution < 1.29 is 23.8 Å². The van der Waals surface area contributed by atoms with Crippen molar-refractivity contribution in [2.75, 3.05) is 40.1 Å². The van der Waals surface area contributed by atoms with Crippen LogP contribution < -0.4 is 14.8 Å². The number of thiophene rings is 1. The van der Waals surface area contributed by atoms with Crippen LogP contribution in [0.4, 0.5) is 4.79 Å². The molecule has 3 rings (SSSR count). The van der Waals surface area contributed by atoms with E-state index in [4.69, 9.17) is 14.2 Å². The van der Waals surface area contributed by atoms with Gasteiger partial charge in [-0.2, -0.15) is 0 Å². The molecular weight excluding hydrogens is 406 g/mol. The van der Waals surface area contributed by atoms with Crippen LogP contribution in [0.5, 0.6) is 11.5 Å². The lowest BCUT2D eigenvalue weighted by Crippen LogP contribution is -2.47. The van der Waals surface area contributed by atoms with Gasteiger partial charge in [0, 0.05) is 31.6 Å². The molecule has 0 saturated carbocycles. The molecule has 0 fully saturated rings. The molecule has 0 saturated heterocycles. The fourth-order valence-electron chi connectivity index (χ4n) is 3.06. The normalized spacial score (nSPS) is 11.9. The van der Waals surface area contributed by atoms with Gasteiger partial charge in [0.25, 0.3) is 0 Å². The lowest BCUT2D eigenvalue weighted by molar-refractivity contribution is -0.133. The van der Waals surface area contributed by atoms with E-state index >= 15 is 0 Å². The quantitative estimate of drug-likeness (QED) is 0.623. The van der Waals surface area contributed by atoms with Gasteiger partial charge in [0.1, 0.15) is 6.54 Å². The van der Waals surface area contributed by atoms with Gasteiger partial charge in [0.2, 0.25) is 12.7 Å². The summed E-state index contributed by atoms with van der Waals surface area (Å²) < 4.78 is 15.9. The number of carbonyl (C=O) groups is 2. The van der Waals surface area contributed by atoms with Crippen molar-refractivity contribution in [1.29, 1.82) is 0 Å². The Morgan fingerprint density at radius 2 is 2.00 bits per heavy atom. The van der Waals surface area contributed by atoms with Crippen molar-refractivity contribution in [3.05, 3.63) is 46.2 Å². The number of ether oxygens (including phenoxy) is 3. The molecular formula is C21H27N3O5S. The molecule has 30 heavy (non-hydrogen) atoms. The summed E-state index contributed by atoms with van der Waals surface area (Å²) in [4.78, 5) is 29.9. The maximum Gasteiger partial charge on any atom is 0.317 e. The summed E-state index contributed by atoms with van der Waals surface area (Å²) in [7, 11) is 1.57. The molecule has 162 valence electrons. The van der Waals surface area contributed by atoms with Gasteiger partial charge < -0.3 is 29.3 Å². The van der Waals surface area contributed by atoms with Crippen LogP contribution in [0.2, 0.25) is 0 Å². The van der Waals surface area contributed by atoms with Crippen molar-refractivity contribution in [2.24, 2.45) is 0 Å². The molecule has 2 aromatic rings. The molecule has 2 heterocycles. The predicted molar refractivity (Wildman–Crippen MR) is 114 cm³/mol. The molecule has 1 aromatic carbocycles. The molecule has 0 radical (unpaired) electrons. The summed E-state index contributed by atoms with van der Waals surface area (Å²) in [5.41, 5.74) is 0.936. The van der Waals surface area contributed by atoms with Crippen molar-refractivity contribution >= 4 is 23.3 Å². The Balaban J connectivity index is 1.74. The number of fused-ring (bicyclic) bond motifs is 1. The van der Waals surface area contributed by atoms with E-state index < -0.39 is 0 Å². The topological polar surface area (TPSA) is 80.3 Å². The third-order valence-electron chi connectivity index (χ3n) is 4.60. The van der Waals surface area contributed by atoms with Gasteiger partial charge in [0.05, 0.1) is 13.2 Å². The second kappa shape index (κ2) is 10.8. The van der Waals surface area contributed by atoms with Crippen LogP contribution in [0.1, 0.15) is 17.4 Å². The highest BCUT2D eigenvalue weighted by molar-refractivity contribution is 7.09. The Hall–Kier alpha value is -2.78. The first kappa shape index (κ1) is 21.9. The van der Waals surface area contributed by atoms with E-state index in [1.54, 1.807) is 23.3 Å². The van der Waals surface area contributed by atoms with E-state index in [-0.39, 0.29) is 25.3 Å². The minimum Gasteiger partial charge on any atom is -0.454 e. The zero-order valence-corrected chi connectivity index (χ0v) is 18.1. The third kappa shape index (κ3) is 5.87. The fourth-order valence-corrected chi connectivity index (χ4v) is 3.78. The third-order valence-corrected chi connectivity index (χ3v) is 5.46. The lowest BCUT2D eigenvalue weighted by atomic mass is 10.2. The van der Waals surface area contributed by atoms with Crippen LogP contribution >= 0.6 is 11.3 Å². The number of methoxy groups -OCH3 is 1. The summed E-state index contributed by atoms with van der Waals surface area (Å²) in [6, 6.07) is 9.35. The molecule has 1 N–H and O–H groups in total. The van der Waals surface area contributed by atoms with Crippen LogP contribution in [-0.4, -0.2) is 61.9 Å². The van der Waals surface area contributed by atoms with Gasteiger partial charge in [-0.3, -0.25) is 4.79 Å². The number of hydrogen-bond donors (Lipinski definition) is 1. The average Bonchev–Trinajstić information content (AvgIpc) is 3.42. The number of hydrogen-bond acceptors (Lipinski definition) is 6. The molecule has 0 unspecified atom stereocenters. The molecule has 1 aliphatic rings. The molecule has 8 nitrogen and oxygen atoms in total. The zero-order valence-electron chi connectivity index (χ0n) is 17.3. The molecule has 9 heteroatoms. The largest absolute Gasteiger partial charge is 0.454 e.